The fourth-order valence-electron chi connectivity index (χ4n) is 3.26. The maximum absolute atomic E-state index is 12.4. The summed E-state index contributed by atoms with van der Waals surface area (Å²) in [7, 11) is 1.71. The standard InChI is InChI=1S/C18H32N4O2S/c1-4-6-8-9-11-13-25-18-19-15-14(22(18)12-10-7-5-2)16(23)20-17(24)21(15)3/h14-15H,4-13H2,1-3H3,(H,20,23,24). The Bertz CT molecular complexity index is 497. The molecule has 0 aromatic carbocycles. The van der Waals surface area contributed by atoms with Crippen LogP contribution in [0.5, 0.6) is 0 Å². The van der Waals surface area contributed by atoms with Crippen LogP contribution >= 0.6 is 11.8 Å². The minimum absolute atomic E-state index is 0.216. The number of fused-ring (bicyclic) bond motifs is 1. The lowest BCUT2D eigenvalue weighted by Gasteiger charge is -2.36. The summed E-state index contributed by atoms with van der Waals surface area (Å²) >= 11 is 1.74. The van der Waals surface area contributed by atoms with Crippen LogP contribution in [-0.4, -0.2) is 58.5 Å². The van der Waals surface area contributed by atoms with E-state index in [-0.39, 0.29) is 24.1 Å². The van der Waals surface area contributed by atoms with E-state index >= 15 is 0 Å². The first-order valence-electron chi connectivity index (χ1n) is 9.65. The van der Waals surface area contributed by atoms with Gasteiger partial charge in [0.1, 0.15) is 0 Å². The fraction of sp³-hybridized carbons (Fsp3) is 0.833. The first-order valence-corrected chi connectivity index (χ1v) is 10.6. The van der Waals surface area contributed by atoms with Gasteiger partial charge in [0.15, 0.2) is 17.4 Å². The number of nitrogens with zero attached hydrogens (tertiary/aromatic N) is 3. The van der Waals surface area contributed by atoms with Crippen molar-refractivity contribution in [2.24, 2.45) is 4.99 Å². The molecule has 3 amide bonds. The van der Waals surface area contributed by atoms with Crippen molar-refractivity contribution in [2.75, 3.05) is 19.3 Å². The van der Waals surface area contributed by atoms with E-state index in [4.69, 9.17) is 4.99 Å². The predicted molar refractivity (Wildman–Crippen MR) is 104 cm³/mol. The number of aliphatic imine (C=N–C) groups is 1. The number of urea groups is 1. The zero-order chi connectivity index (χ0) is 18.2. The monoisotopic (exact) mass is 368 g/mol. The molecule has 2 atom stereocenters. The average molecular weight is 369 g/mol. The van der Waals surface area contributed by atoms with Crippen molar-refractivity contribution in [2.45, 2.75) is 77.4 Å². The minimum atomic E-state index is -0.384. The van der Waals surface area contributed by atoms with Crippen molar-refractivity contribution in [1.82, 2.24) is 15.1 Å². The second-order valence-corrected chi connectivity index (χ2v) is 7.90. The van der Waals surface area contributed by atoms with Gasteiger partial charge in [-0.15, -0.1) is 0 Å². The molecule has 1 saturated heterocycles. The Labute approximate surface area is 155 Å². The molecule has 0 radical (unpaired) electrons. The van der Waals surface area contributed by atoms with Crippen molar-refractivity contribution in [3.8, 4) is 0 Å². The highest BCUT2D eigenvalue weighted by molar-refractivity contribution is 8.13. The molecule has 2 unspecified atom stereocenters. The van der Waals surface area contributed by atoms with Crippen LogP contribution < -0.4 is 5.32 Å². The Morgan fingerprint density at radius 3 is 2.44 bits per heavy atom. The van der Waals surface area contributed by atoms with E-state index in [9.17, 15) is 9.59 Å². The molecular formula is C18H32N4O2S. The summed E-state index contributed by atoms with van der Waals surface area (Å²) in [5, 5.41) is 3.38. The van der Waals surface area contributed by atoms with Crippen LogP contribution in [0.4, 0.5) is 4.79 Å². The average Bonchev–Trinajstić information content (AvgIpc) is 2.95. The number of hydrogen-bond acceptors (Lipinski definition) is 5. The number of unbranched alkanes of at least 4 members (excludes halogenated alkanes) is 6. The second-order valence-electron chi connectivity index (χ2n) is 6.84. The summed E-state index contributed by atoms with van der Waals surface area (Å²) in [5.41, 5.74) is 0. The van der Waals surface area contributed by atoms with Crippen LogP contribution in [-0.2, 0) is 4.79 Å². The van der Waals surface area contributed by atoms with Gasteiger partial charge in [-0.1, -0.05) is 64.1 Å². The first kappa shape index (κ1) is 20.1. The molecule has 0 bridgehead atoms. The smallest absolute Gasteiger partial charge is 0.325 e. The molecule has 2 rings (SSSR count). The van der Waals surface area contributed by atoms with E-state index < -0.39 is 0 Å². The highest BCUT2D eigenvalue weighted by Crippen LogP contribution is 2.29. The van der Waals surface area contributed by atoms with Gasteiger partial charge in [-0.3, -0.25) is 10.1 Å². The third kappa shape index (κ3) is 5.12. The summed E-state index contributed by atoms with van der Waals surface area (Å²) in [6, 6.07) is -0.725. The van der Waals surface area contributed by atoms with E-state index in [0.717, 1.165) is 36.7 Å². The van der Waals surface area contributed by atoms with Crippen molar-refractivity contribution in [3.05, 3.63) is 0 Å². The maximum Gasteiger partial charge on any atom is 0.325 e. The van der Waals surface area contributed by atoms with Gasteiger partial charge >= 0.3 is 6.03 Å². The number of carbonyl (C=O) groups is 2. The van der Waals surface area contributed by atoms with Crippen LogP contribution in [0.3, 0.4) is 0 Å². The highest BCUT2D eigenvalue weighted by atomic mass is 32.2. The lowest BCUT2D eigenvalue weighted by atomic mass is 10.1. The van der Waals surface area contributed by atoms with E-state index in [1.165, 1.54) is 32.1 Å². The van der Waals surface area contributed by atoms with Crippen LogP contribution in [0.15, 0.2) is 4.99 Å². The molecule has 25 heavy (non-hydrogen) atoms. The lowest BCUT2D eigenvalue weighted by molar-refractivity contribution is -0.127. The number of carbonyl (C=O) groups excluding carboxylic acids is 2. The molecule has 1 N–H and O–H groups in total. The van der Waals surface area contributed by atoms with Gasteiger partial charge in [0.05, 0.1) is 0 Å². The summed E-state index contributed by atoms with van der Waals surface area (Å²) in [4.78, 5) is 32.7. The quantitative estimate of drug-likeness (QED) is 0.600. The predicted octanol–water partition coefficient (Wildman–Crippen LogP) is 3.43. The molecule has 0 aromatic rings. The van der Waals surface area contributed by atoms with Gasteiger partial charge < -0.3 is 9.80 Å². The molecule has 0 aromatic heterocycles. The number of amidine groups is 1. The van der Waals surface area contributed by atoms with Crippen LogP contribution in [0, 0.1) is 0 Å². The Kier molecular flexibility index (Phi) is 8.06. The molecule has 6 nitrogen and oxygen atoms in total. The number of hydrogen-bond donors (Lipinski definition) is 1. The highest BCUT2D eigenvalue weighted by Gasteiger charge is 2.48. The number of imide groups is 1. The maximum atomic E-state index is 12.4. The van der Waals surface area contributed by atoms with Crippen LogP contribution in [0.25, 0.3) is 0 Å². The molecule has 0 saturated carbocycles. The summed E-state index contributed by atoms with van der Waals surface area (Å²) < 4.78 is 0. The van der Waals surface area contributed by atoms with E-state index in [0.29, 0.717) is 0 Å². The van der Waals surface area contributed by atoms with Crippen molar-refractivity contribution in [1.29, 1.82) is 0 Å². The fourth-order valence-corrected chi connectivity index (χ4v) is 4.34. The number of nitrogens with one attached hydrogen (secondary N) is 1. The zero-order valence-corrected chi connectivity index (χ0v) is 16.6. The van der Waals surface area contributed by atoms with Crippen molar-refractivity contribution in [3.63, 3.8) is 0 Å². The van der Waals surface area contributed by atoms with Gasteiger partial charge in [-0.05, 0) is 12.8 Å². The molecular weight excluding hydrogens is 336 g/mol. The van der Waals surface area contributed by atoms with Gasteiger partial charge in [-0.25, -0.2) is 9.79 Å². The van der Waals surface area contributed by atoms with Crippen LogP contribution in [0.1, 0.15) is 65.2 Å². The Hall–Kier alpha value is -1.24. The van der Waals surface area contributed by atoms with E-state index in [1.807, 2.05) is 0 Å². The van der Waals surface area contributed by atoms with E-state index in [2.05, 4.69) is 24.1 Å². The second kappa shape index (κ2) is 10.0. The summed E-state index contributed by atoms with van der Waals surface area (Å²) in [6.45, 7) is 5.22. The van der Waals surface area contributed by atoms with Gasteiger partial charge in [-0.2, -0.15) is 0 Å². The molecule has 0 aliphatic carbocycles. The normalized spacial score (nSPS) is 22.9. The molecule has 2 aliphatic rings. The topological polar surface area (TPSA) is 65.0 Å². The third-order valence-corrected chi connectivity index (χ3v) is 5.90. The lowest BCUT2D eigenvalue weighted by Crippen LogP contribution is -2.63. The zero-order valence-electron chi connectivity index (χ0n) is 15.8. The molecule has 142 valence electrons. The third-order valence-electron chi connectivity index (χ3n) is 4.80. The molecule has 1 fully saturated rings. The number of thioether (sulfide) groups is 1. The first-order chi connectivity index (χ1) is 12.1. The minimum Gasteiger partial charge on any atom is -0.336 e. The van der Waals surface area contributed by atoms with Crippen molar-refractivity contribution < 1.29 is 9.59 Å². The van der Waals surface area contributed by atoms with E-state index in [1.54, 1.807) is 23.7 Å². The molecule has 2 aliphatic heterocycles. The largest absolute Gasteiger partial charge is 0.336 e. The number of rotatable bonds is 10. The van der Waals surface area contributed by atoms with Crippen molar-refractivity contribution >= 4 is 28.9 Å². The SMILES string of the molecule is CCCCCCCSC1=NC2C(C(=O)NC(=O)N2C)N1CCCCC. The molecule has 2 heterocycles. The van der Waals surface area contributed by atoms with Gasteiger partial charge in [0.25, 0.3) is 5.91 Å². The molecule has 7 heteroatoms. The summed E-state index contributed by atoms with van der Waals surface area (Å²) in [5.74, 6) is 0.804. The van der Waals surface area contributed by atoms with Gasteiger partial charge in [0.2, 0.25) is 0 Å². The Morgan fingerprint density at radius 2 is 1.72 bits per heavy atom. The Morgan fingerprint density at radius 1 is 1.04 bits per heavy atom. The summed E-state index contributed by atoms with van der Waals surface area (Å²) in [6.07, 6.45) is 9.19. The number of amides is 3. The van der Waals surface area contributed by atoms with Crippen LogP contribution in [0.2, 0.25) is 0 Å². The molecule has 0 spiro atoms. The number of likely N-dealkylation sites (N-methyl/N-ethyl adjacent to an activating group) is 1. The van der Waals surface area contributed by atoms with Gasteiger partial charge in [0, 0.05) is 19.3 Å². The Balaban J connectivity index is 1.97.